The predicted molar refractivity (Wildman–Crippen MR) is 102 cm³/mol. The Morgan fingerprint density at radius 2 is 2.12 bits per heavy atom. The molecule has 0 bridgehead atoms. The van der Waals surface area contributed by atoms with Crippen LogP contribution in [0.2, 0.25) is 0 Å². The fraction of sp³-hybridized carbons (Fsp3) is 0.316. The van der Waals surface area contributed by atoms with Crippen molar-refractivity contribution in [3.63, 3.8) is 0 Å². The summed E-state index contributed by atoms with van der Waals surface area (Å²) in [5.41, 5.74) is 2.32. The number of benzene rings is 1. The number of nitrogens with one attached hydrogen (secondary N) is 3. The van der Waals surface area contributed by atoms with Gasteiger partial charge in [0.25, 0.3) is 0 Å². The molecule has 0 radical (unpaired) electrons. The first-order valence-corrected chi connectivity index (χ1v) is 9.27. The van der Waals surface area contributed by atoms with Crippen LogP contribution in [0, 0.1) is 0 Å². The number of aromatic nitrogens is 1. The van der Waals surface area contributed by atoms with Gasteiger partial charge in [-0.2, -0.15) is 0 Å². The molecule has 0 aliphatic heterocycles. The molecule has 3 rings (SSSR count). The second-order valence-electron chi connectivity index (χ2n) is 5.84. The first kappa shape index (κ1) is 17.5. The van der Waals surface area contributed by atoms with Gasteiger partial charge >= 0.3 is 6.03 Å². The molecular weight excluding hydrogens is 334 g/mol. The Hall–Kier alpha value is -2.31. The van der Waals surface area contributed by atoms with Gasteiger partial charge in [-0.3, -0.25) is 0 Å². The summed E-state index contributed by atoms with van der Waals surface area (Å²) in [5.74, 6) is 0.126. The van der Waals surface area contributed by atoms with E-state index in [0.717, 1.165) is 11.9 Å². The summed E-state index contributed by atoms with van der Waals surface area (Å²) >= 11 is 1.71. The topological polar surface area (TPSA) is 66.2 Å². The molecule has 3 aromatic rings. The van der Waals surface area contributed by atoms with E-state index in [1.54, 1.807) is 18.4 Å². The molecule has 3 N–H and O–H groups in total. The fourth-order valence-electron chi connectivity index (χ4n) is 2.91. The third-order valence-electron chi connectivity index (χ3n) is 4.16. The second kappa shape index (κ2) is 8.69. The summed E-state index contributed by atoms with van der Waals surface area (Å²) in [7, 11) is 1.66. The lowest BCUT2D eigenvalue weighted by atomic mass is 9.97. The number of para-hydroxylation sites is 1. The fourth-order valence-corrected chi connectivity index (χ4v) is 3.76. The number of urea groups is 1. The Labute approximate surface area is 151 Å². The minimum atomic E-state index is -0.141. The normalized spacial score (nSPS) is 12.2. The summed E-state index contributed by atoms with van der Waals surface area (Å²) in [6, 6.07) is 12.3. The zero-order valence-corrected chi connectivity index (χ0v) is 15.1. The number of fused-ring (bicyclic) bond motifs is 1. The highest BCUT2D eigenvalue weighted by atomic mass is 32.1. The van der Waals surface area contributed by atoms with Crippen LogP contribution in [-0.2, 0) is 4.74 Å². The van der Waals surface area contributed by atoms with E-state index in [9.17, 15) is 4.79 Å². The number of aromatic amines is 1. The molecule has 1 aromatic carbocycles. The van der Waals surface area contributed by atoms with Gasteiger partial charge in [0.1, 0.15) is 0 Å². The van der Waals surface area contributed by atoms with Crippen LogP contribution in [0.1, 0.15) is 22.8 Å². The highest BCUT2D eigenvalue weighted by molar-refractivity contribution is 7.10. The Kier molecular flexibility index (Phi) is 6.09. The summed E-state index contributed by atoms with van der Waals surface area (Å²) in [6.07, 6.45) is 2.86. The standard InChI is InChI=1S/C19H23N3O2S/c1-24-10-5-9-20-19(23)22-13-16(18-8-4-11-25-18)15-12-21-17-7-3-2-6-14(15)17/h2-4,6-8,11-12,16,21H,5,9-10,13H2,1H3,(H2,20,22,23). The molecule has 0 aliphatic carbocycles. The van der Waals surface area contributed by atoms with Gasteiger partial charge < -0.3 is 20.4 Å². The van der Waals surface area contributed by atoms with Gasteiger partial charge in [-0.1, -0.05) is 24.3 Å². The molecule has 5 nitrogen and oxygen atoms in total. The first-order chi connectivity index (χ1) is 12.3. The van der Waals surface area contributed by atoms with E-state index in [4.69, 9.17) is 4.74 Å². The van der Waals surface area contributed by atoms with Crippen LogP contribution in [0.25, 0.3) is 10.9 Å². The molecule has 0 saturated heterocycles. The van der Waals surface area contributed by atoms with Crippen LogP contribution < -0.4 is 10.6 Å². The Balaban J connectivity index is 1.70. The molecule has 0 aliphatic rings. The number of methoxy groups -OCH3 is 1. The number of hydrogen-bond acceptors (Lipinski definition) is 3. The van der Waals surface area contributed by atoms with Crippen molar-refractivity contribution < 1.29 is 9.53 Å². The van der Waals surface area contributed by atoms with Crippen LogP contribution in [0.3, 0.4) is 0 Å². The maximum atomic E-state index is 12.0. The van der Waals surface area contributed by atoms with Gasteiger partial charge in [-0.15, -0.1) is 11.3 Å². The SMILES string of the molecule is COCCCNC(=O)NCC(c1cccs1)c1c[nH]c2ccccc12. The number of ether oxygens (including phenoxy) is 1. The van der Waals surface area contributed by atoms with Crippen molar-refractivity contribution in [2.75, 3.05) is 26.8 Å². The Morgan fingerprint density at radius 3 is 2.92 bits per heavy atom. The average molecular weight is 357 g/mol. The molecule has 0 spiro atoms. The van der Waals surface area contributed by atoms with E-state index in [-0.39, 0.29) is 11.9 Å². The summed E-state index contributed by atoms with van der Waals surface area (Å²) in [6.45, 7) is 1.81. The molecule has 0 fully saturated rings. The van der Waals surface area contributed by atoms with Crippen molar-refractivity contribution in [3.05, 3.63) is 58.4 Å². The number of H-pyrrole nitrogens is 1. The van der Waals surface area contributed by atoms with Gasteiger partial charge in [0, 0.05) is 54.7 Å². The molecule has 2 heterocycles. The van der Waals surface area contributed by atoms with Gasteiger partial charge in [-0.25, -0.2) is 4.79 Å². The summed E-state index contributed by atoms with van der Waals surface area (Å²) in [4.78, 5) is 16.6. The number of thiophene rings is 1. The van der Waals surface area contributed by atoms with Crippen molar-refractivity contribution in [1.82, 2.24) is 15.6 Å². The maximum absolute atomic E-state index is 12.0. The monoisotopic (exact) mass is 357 g/mol. The molecule has 2 amide bonds. The third-order valence-corrected chi connectivity index (χ3v) is 5.15. The second-order valence-corrected chi connectivity index (χ2v) is 6.82. The van der Waals surface area contributed by atoms with Crippen LogP contribution in [-0.4, -0.2) is 37.8 Å². The van der Waals surface area contributed by atoms with E-state index in [1.165, 1.54) is 15.8 Å². The van der Waals surface area contributed by atoms with E-state index in [1.807, 2.05) is 24.4 Å². The molecule has 6 heteroatoms. The van der Waals surface area contributed by atoms with Crippen molar-refractivity contribution in [3.8, 4) is 0 Å². The highest BCUT2D eigenvalue weighted by Crippen LogP contribution is 2.32. The number of rotatable bonds is 8. The predicted octanol–water partition coefficient (Wildman–Crippen LogP) is 3.70. The lowest BCUT2D eigenvalue weighted by Gasteiger charge is -2.16. The van der Waals surface area contributed by atoms with Crippen molar-refractivity contribution >= 4 is 28.3 Å². The smallest absolute Gasteiger partial charge is 0.314 e. The number of hydrogen-bond donors (Lipinski definition) is 3. The minimum Gasteiger partial charge on any atom is -0.385 e. The van der Waals surface area contributed by atoms with Crippen molar-refractivity contribution in [2.45, 2.75) is 12.3 Å². The molecule has 0 saturated carbocycles. The largest absolute Gasteiger partial charge is 0.385 e. The molecule has 2 aromatic heterocycles. The zero-order chi connectivity index (χ0) is 17.5. The van der Waals surface area contributed by atoms with E-state index < -0.39 is 0 Å². The van der Waals surface area contributed by atoms with Gasteiger partial charge in [0.2, 0.25) is 0 Å². The van der Waals surface area contributed by atoms with E-state index in [0.29, 0.717) is 19.7 Å². The maximum Gasteiger partial charge on any atom is 0.314 e. The highest BCUT2D eigenvalue weighted by Gasteiger charge is 2.19. The van der Waals surface area contributed by atoms with E-state index in [2.05, 4.69) is 39.2 Å². The number of amides is 2. The number of carbonyl (C=O) groups is 1. The number of carbonyl (C=O) groups excluding carboxylic acids is 1. The Morgan fingerprint density at radius 1 is 1.24 bits per heavy atom. The molecule has 1 atom stereocenters. The van der Waals surface area contributed by atoms with Gasteiger partial charge in [0.05, 0.1) is 0 Å². The van der Waals surface area contributed by atoms with Crippen LogP contribution in [0.15, 0.2) is 48.0 Å². The summed E-state index contributed by atoms with van der Waals surface area (Å²) < 4.78 is 4.99. The van der Waals surface area contributed by atoms with Crippen LogP contribution in [0.4, 0.5) is 4.79 Å². The average Bonchev–Trinajstić information content (AvgIpc) is 3.30. The lowest BCUT2D eigenvalue weighted by molar-refractivity contribution is 0.193. The molecule has 25 heavy (non-hydrogen) atoms. The first-order valence-electron chi connectivity index (χ1n) is 8.39. The quantitative estimate of drug-likeness (QED) is 0.538. The van der Waals surface area contributed by atoms with Crippen molar-refractivity contribution in [1.29, 1.82) is 0 Å². The Bertz CT molecular complexity index is 798. The summed E-state index contributed by atoms with van der Waals surface area (Å²) in [5, 5.41) is 9.14. The minimum absolute atomic E-state index is 0.126. The van der Waals surface area contributed by atoms with Crippen molar-refractivity contribution in [2.24, 2.45) is 0 Å². The third kappa shape index (κ3) is 4.41. The van der Waals surface area contributed by atoms with Gasteiger partial charge in [0.15, 0.2) is 0 Å². The molecule has 132 valence electrons. The van der Waals surface area contributed by atoms with E-state index >= 15 is 0 Å². The van der Waals surface area contributed by atoms with Gasteiger partial charge in [-0.05, 0) is 29.5 Å². The lowest BCUT2D eigenvalue weighted by Crippen LogP contribution is -2.38. The van der Waals surface area contributed by atoms with Crippen LogP contribution >= 0.6 is 11.3 Å². The molecular formula is C19H23N3O2S. The molecule has 1 unspecified atom stereocenters. The van der Waals surface area contributed by atoms with Crippen LogP contribution in [0.5, 0.6) is 0 Å². The zero-order valence-electron chi connectivity index (χ0n) is 14.2.